The molecular weight excluding hydrogens is 358 g/mol. The minimum atomic E-state index is -0.0962. The van der Waals surface area contributed by atoms with E-state index >= 15 is 0 Å². The van der Waals surface area contributed by atoms with Gasteiger partial charge < -0.3 is 24.4 Å². The van der Waals surface area contributed by atoms with Gasteiger partial charge >= 0.3 is 0 Å². The van der Waals surface area contributed by atoms with Gasteiger partial charge in [-0.25, -0.2) is 0 Å². The van der Waals surface area contributed by atoms with E-state index in [0.717, 1.165) is 22.7 Å². The highest BCUT2D eigenvalue weighted by Crippen LogP contribution is 2.39. The quantitative estimate of drug-likeness (QED) is 0.795. The molecule has 0 amide bonds. The Labute approximate surface area is 163 Å². The van der Waals surface area contributed by atoms with E-state index in [9.17, 15) is 4.79 Å². The molecule has 0 spiro atoms. The molecule has 0 bridgehead atoms. The number of allylic oxidation sites excluding steroid dienone is 1. The number of nitrogens with one attached hydrogen (secondary N) is 2. The van der Waals surface area contributed by atoms with Crippen LogP contribution < -0.4 is 24.4 Å². The Morgan fingerprint density at radius 3 is 2.39 bits per heavy atom. The van der Waals surface area contributed by atoms with Crippen LogP contribution in [0.5, 0.6) is 17.2 Å². The van der Waals surface area contributed by atoms with Crippen molar-refractivity contribution in [1.82, 2.24) is 0 Å². The first-order valence-corrected chi connectivity index (χ1v) is 8.84. The monoisotopic (exact) mass is 379 g/mol. The summed E-state index contributed by atoms with van der Waals surface area (Å²) in [6.07, 6.45) is 0.561. The molecule has 2 heterocycles. The number of rotatable bonds is 4. The minimum absolute atomic E-state index is 0.0962. The first-order valence-electron chi connectivity index (χ1n) is 8.84. The molecule has 2 aromatic rings. The van der Waals surface area contributed by atoms with Crippen molar-refractivity contribution in [3.63, 3.8) is 0 Å². The molecule has 144 valence electrons. The Balaban J connectivity index is 1.70. The number of carbonyl (C=O) groups excluding carboxylic acids is 1. The molecule has 0 saturated carbocycles. The topological polar surface area (TPSA) is 83.9 Å². The van der Waals surface area contributed by atoms with E-state index in [1.165, 1.54) is 0 Å². The summed E-state index contributed by atoms with van der Waals surface area (Å²) in [6.45, 7) is 0.100. The number of fused-ring (bicyclic) bond motifs is 1. The first-order chi connectivity index (χ1) is 13.5. The van der Waals surface area contributed by atoms with Gasteiger partial charge in [-0.3, -0.25) is 10.2 Å². The largest absolute Gasteiger partial charge is 0.497 e. The highest BCUT2D eigenvalue weighted by molar-refractivity contribution is 6.33. The molecule has 1 saturated heterocycles. The normalized spacial score (nSPS) is 18.2. The van der Waals surface area contributed by atoms with E-state index in [2.05, 4.69) is 5.32 Å². The van der Waals surface area contributed by atoms with Crippen molar-refractivity contribution >= 4 is 23.0 Å². The van der Waals surface area contributed by atoms with Crippen LogP contribution in [0.25, 0.3) is 0 Å². The van der Waals surface area contributed by atoms with Crippen molar-refractivity contribution in [2.75, 3.05) is 38.1 Å². The van der Waals surface area contributed by atoms with Gasteiger partial charge in [0.25, 0.3) is 0 Å². The van der Waals surface area contributed by atoms with Gasteiger partial charge in [0, 0.05) is 30.3 Å². The highest BCUT2D eigenvalue weighted by Gasteiger charge is 2.36. The molecule has 4 rings (SSSR count). The summed E-state index contributed by atoms with van der Waals surface area (Å²) in [5.41, 5.74) is 3.71. The third-order valence-electron chi connectivity index (χ3n) is 5.01. The van der Waals surface area contributed by atoms with Crippen LogP contribution in [-0.4, -0.2) is 39.5 Å². The van der Waals surface area contributed by atoms with Gasteiger partial charge in [-0.1, -0.05) is 12.1 Å². The van der Waals surface area contributed by atoms with Crippen LogP contribution in [0.4, 0.5) is 11.4 Å². The number of hydrogen-bond donors (Lipinski definition) is 2. The Kier molecular flexibility index (Phi) is 4.43. The molecule has 0 aromatic heterocycles. The molecule has 0 radical (unpaired) electrons. The Hall–Kier alpha value is -3.48. The zero-order valence-corrected chi connectivity index (χ0v) is 16.0. The molecule has 2 N–H and O–H groups in total. The summed E-state index contributed by atoms with van der Waals surface area (Å²) in [7, 11) is 4.75. The van der Waals surface area contributed by atoms with E-state index in [1.807, 2.05) is 18.2 Å². The number of ketones is 1. The summed E-state index contributed by atoms with van der Waals surface area (Å²) in [5, 5.41) is 11.9. The highest BCUT2D eigenvalue weighted by atomic mass is 16.5. The lowest BCUT2D eigenvalue weighted by Gasteiger charge is -2.19. The SMILES string of the molecule is COc1cc(OC)cc(N2CC(=O)C(=C3Cc4cccc(OC)c4N3)C2=N)c1. The number of carbonyl (C=O) groups is 1. The lowest BCUT2D eigenvalue weighted by molar-refractivity contribution is -0.113. The average molecular weight is 379 g/mol. The van der Waals surface area contributed by atoms with Gasteiger partial charge in [-0.05, 0) is 11.6 Å². The number of para-hydroxylation sites is 1. The molecule has 0 unspecified atom stereocenters. The van der Waals surface area contributed by atoms with Gasteiger partial charge in [0.05, 0.1) is 44.8 Å². The number of Topliss-reactive ketones (excluding diaryl/α,β-unsaturated/α-hetero) is 1. The third-order valence-corrected chi connectivity index (χ3v) is 5.01. The Bertz CT molecular complexity index is 990. The number of anilines is 2. The van der Waals surface area contributed by atoms with Crippen LogP contribution in [-0.2, 0) is 11.2 Å². The number of benzene rings is 2. The first kappa shape index (κ1) is 17.9. The molecule has 0 aliphatic carbocycles. The van der Waals surface area contributed by atoms with E-state index in [4.69, 9.17) is 19.6 Å². The summed E-state index contributed by atoms with van der Waals surface area (Å²) in [4.78, 5) is 14.5. The number of methoxy groups -OCH3 is 3. The molecule has 2 aliphatic heterocycles. The lowest BCUT2D eigenvalue weighted by Crippen LogP contribution is -2.24. The third kappa shape index (κ3) is 2.85. The van der Waals surface area contributed by atoms with Crippen molar-refractivity contribution in [3.8, 4) is 17.2 Å². The second-order valence-electron chi connectivity index (χ2n) is 6.58. The summed E-state index contributed by atoms with van der Waals surface area (Å²) in [6, 6.07) is 11.1. The molecule has 2 aromatic carbocycles. The number of ether oxygens (including phenoxy) is 3. The number of hydrogen-bond acceptors (Lipinski definition) is 6. The van der Waals surface area contributed by atoms with Crippen molar-refractivity contribution in [3.05, 3.63) is 53.2 Å². The minimum Gasteiger partial charge on any atom is -0.497 e. The molecule has 7 nitrogen and oxygen atoms in total. The van der Waals surface area contributed by atoms with Gasteiger partial charge in [-0.2, -0.15) is 0 Å². The van der Waals surface area contributed by atoms with Gasteiger partial charge in [-0.15, -0.1) is 0 Å². The van der Waals surface area contributed by atoms with E-state index in [-0.39, 0.29) is 18.2 Å². The van der Waals surface area contributed by atoms with Crippen molar-refractivity contribution in [1.29, 1.82) is 5.41 Å². The number of amidine groups is 1. The summed E-state index contributed by atoms with van der Waals surface area (Å²) < 4.78 is 16.0. The molecule has 28 heavy (non-hydrogen) atoms. The molecule has 1 fully saturated rings. The van der Waals surface area contributed by atoms with E-state index in [0.29, 0.717) is 29.2 Å². The van der Waals surface area contributed by atoms with E-state index in [1.54, 1.807) is 44.4 Å². The number of nitrogens with zero attached hydrogens (tertiary/aromatic N) is 1. The average Bonchev–Trinajstić information content (AvgIpc) is 3.27. The van der Waals surface area contributed by atoms with E-state index < -0.39 is 0 Å². The van der Waals surface area contributed by atoms with Crippen LogP contribution in [0.1, 0.15) is 5.56 Å². The van der Waals surface area contributed by atoms with Crippen LogP contribution in [0.15, 0.2) is 47.7 Å². The summed E-state index contributed by atoms with van der Waals surface area (Å²) >= 11 is 0. The lowest BCUT2D eigenvalue weighted by atomic mass is 10.1. The molecular formula is C21H21N3O4. The molecule has 2 aliphatic rings. The van der Waals surface area contributed by atoms with Crippen molar-refractivity contribution in [2.45, 2.75) is 6.42 Å². The smallest absolute Gasteiger partial charge is 0.188 e. The maximum Gasteiger partial charge on any atom is 0.188 e. The van der Waals surface area contributed by atoms with Crippen LogP contribution >= 0.6 is 0 Å². The summed E-state index contributed by atoms with van der Waals surface area (Å²) in [5.74, 6) is 1.99. The fourth-order valence-corrected chi connectivity index (χ4v) is 3.62. The van der Waals surface area contributed by atoms with Crippen LogP contribution in [0.3, 0.4) is 0 Å². The van der Waals surface area contributed by atoms with Crippen molar-refractivity contribution in [2.24, 2.45) is 0 Å². The predicted octanol–water partition coefficient (Wildman–Crippen LogP) is 3.00. The van der Waals surface area contributed by atoms with Crippen LogP contribution in [0.2, 0.25) is 0 Å². The van der Waals surface area contributed by atoms with Gasteiger partial charge in [0.15, 0.2) is 5.78 Å². The fraction of sp³-hybridized carbons (Fsp3) is 0.238. The maximum atomic E-state index is 12.8. The second kappa shape index (κ2) is 6.92. The second-order valence-corrected chi connectivity index (χ2v) is 6.58. The Morgan fingerprint density at radius 1 is 1.04 bits per heavy atom. The fourth-order valence-electron chi connectivity index (χ4n) is 3.62. The Morgan fingerprint density at radius 2 is 1.75 bits per heavy atom. The van der Waals surface area contributed by atoms with Gasteiger partial charge in [0.1, 0.15) is 23.1 Å². The molecule has 0 atom stereocenters. The zero-order valence-electron chi connectivity index (χ0n) is 16.0. The van der Waals surface area contributed by atoms with Gasteiger partial charge in [0.2, 0.25) is 0 Å². The van der Waals surface area contributed by atoms with Crippen LogP contribution in [0, 0.1) is 5.41 Å². The van der Waals surface area contributed by atoms with Crippen molar-refractivity contribution < 1.29 is 19.0 Å². The maximum absolute atomic E-state index is 12.8. The molecule has 7 heteroatoms. The predicted molar refractivity (Wildman–Crippen MR) is 107 cm³/mol. The zero-order chi connectivity index (χ0) is 19.8. The standard InChI is InChI=1S/C21H21N3O4/c1-26-14-8-13(9-15(10-14)27-2)24-11-17(25)19(21(24)22)16-7-12-5-4-6-18(28-3)20(12)23-16/h4-6,8-10,22-23H,7,11H2,1-3H3.